The molecule has 2 aliphatic rings. The smallest absolute Gasteiger partial charge is 0.0834 e. The Kier molecular flexibility index (Phi) is 2.41. The molecule has 0 bridgehead atoms. The van der Waals surface area contributed by atoms with Gasteiger partial charge in [-0.25, -0.2) is 0 Å². The molecule has 1 aliphatic carbocycles. The summed E-state index contributed by atoms with van der Waals surface area (Å²) in [4.78, 5) is 4.03. The number of hydrogen-bond donors (Lipinski definition) is 0. The van der Waals surface area contributed by atoms with Gasteiger partial charge in [-0.2, -0.15) is 5.26 Å². The zero-order valence-corrected chi connectivity index (χ0v) is 9.85. The maximum absolute atomic E-state index is 9.50. The van der Waals surface area contributed by atoms with Crippen molar-refractivity contribution in [3.05, 3.63) is 30.1 Å². The van der Waals surface area contributed by atoms with Gasteiger partial charge in [-0.15, -0.1) is 0 Å². The molecule has 2 fully saturated rings. The van der Waals surface area contributed by atoms with Gasteiger partial charge >= 0.3 is 0 Å². The molecule has 0 radical (unpaired) electrons. The lowest BCUT2D eigenvalue weighted by molar-refractivity contribution is -0.0578. The molecule has 0 N–H and O–H groups in total. The van der Waals surface area contributed by atoms with Gasteiger partial charge in [0.2, 0.25) is 0 Å². The van der Waals surface area contributed by atoms with Gasteiger partial charge in [-0.3, -0.25) is 4.98 Å². The minimum Gasteiger partial charge on any atom is -0.381 e. The normalized spacial score (nSPS) is 24.9. The number of aromatic nitrogens is 1. The van der Waals surface area contributed by atoms with E-state index in [0.717, 1.165) is 44.5 Å². The Balaban J connectivity index is 1.82. The number of pyridine rings is 1. The fourth-order valence-electron chi connectivity index (χ4n) is 3.41. The van der Waals surface area contributed by atoms with Crippen molar-refractivity contribution in [1.82, 2.24) is 4.98 Å². The van der Waals surface area contributed by atoms with Crippen LogP contribution >= 0.6 is 0 Å². The highest BCUT2D eigenvalue weighted by atomic mass is 16.5. The number of nitrogens with zero attached hydrogens (tertiary/aromatic N) is 2. The Bertz CT molecular complexity index is 435. The Morgan fingerprint density at radius 2 is 1.82 bits per heavy atom. The molecule has 1 aromatic heterocycles. The molecule has 1 aliphatic heterocycles. The molecule has 1 saturated carbocycles. The number of hydrogen-bond acceptors (Lipinski definition) is 3. The molecule has 0 atom stereocenters. The van der Waals surface area contributed by atoms with Crippen LogP contribution in [0.1, 0.15) is 31.2 Å². The summed E-state index contributed by atoms with van der Waals surface area (Å²) in [5.41, 5.74) is 1.24. The molecule has 2 heterocycles. The topological polar surface area (TPSA) is 45.9 Å². The first-order valence-corrected chi connectivity index (χ1v) is 6.18. The Labute approximate surface area is 101 Å². The van der Waals surface area contributed by atoms with Crippen LogP contribution in [-0.4, -0.2) is 18.2 Å². The van der Waals surface area contributed by atoms with E-state index in [9.17, 15) is 5.26 Å². The first kappa shape index (κ1) is 10.7. The van der Waals surface area contributed by atoms with E-state index in [2.05, 4.69) is 11.1 Å². The number of rotatable bonds is 1. The molecule has 3 heteroatoms. The average Bonchev–Trinajstić information content (AvgIpc) is 2.37. The second-order valence-corrected chi connectivity index (χ2v) is 5.40. The summed E-state index contributed by atoms with van der Waals surface area (Å²) in [6.07, 6.45) is 7.77. The van der Waals surface area contributed by atoms with Gasteiger partial charge in [0.1, 0.15) is 0 Å². The molecular weight excluding hydrogens is 212 g/mol. The van der Waals surface area contributed by atoms with E-state index in [0.29, 0.717) is 5.41 Å². The van der Waals surface area contributed by atoms with Crippen molar-refractivity contribution < 1.29 is 4.74 Å². The fraction of sp³-hybridized carbons (Fsp3) is 0.571. The Hall–Kier alpha value is -1.40. The van der Waals surface area contributed by atoms with E-state index in [-0.39, 0.29) is 5.41 Å². The van der Waals surface area contributed by atoms with Crippen molar-refractivity contribution in [2.24, 2.45) is 5.41 Å². The van der Waals surface area contributed by atoms with Crippen LogP contribution in [0, 0.1) is 16.7 Å². The van der Waals surface area contributed by atoms with E-state index in [1.54, 1.807) is 12.4 Å². The molecule has 17 heavy (non-hydrogen) atoms. The number of nitriles is 1. The Morgan fingerprint density at radius 3 is 2.41 bits per heavy atom. The molecule has 3 rings (SSSR count). The van der Waals surface area contributed by atoms with Crippen LogP contribution in [0.25, 0.3) is 0 Å². The fourth-order valence-corrected chi connectivity index (χ4v) is 3.41. The van der Waals surface area contributed by atoms with E-state index < -0.39 is 0 Å². The van der Waals surface area contributed by atoms with E-state index >= 15 is 0 Å². The second-order valence-electron chi connectivity index (χ2n) is 5.40. The lowest BCUT2D eigenvalue weighted by atomic mass is 9.49. The minimum atomic E-state index is -0.264. The van der Waals surface area contributed by atoms with Crippen LogP contribution in [-0.2, 0) is 10.2 Å². The lowest BCUT2D eigenvalue weighted by Gasteiger charge is -2.54. The van der Waals surface area contributed by atoms with Gasteiger partial charge in [0, 0.05) is 25.6 Å². The average molecular weight is 228 g/mol. The zero-order chi connectivity index (χ0) is 11.8. The third-order valence-corrected chi connectivity index (χ3v) is 4.35. The summed E-state index contributed by atoms with van der Waals surface area (Å²) >= 11 is 0. The van der Waals surface area contributed by atoms with Crippen LogP contribution < -0.4 is 0 Å². The molecule has 0 unspecified atom stereocenters. The molecule has 3 nitrogen and oxygen atoms in total. The summed E-state index contributed by atoms with van der Waals surface area (Å²) < 4.78 is 5.42. The van der Waals surface area contributed by atoms with Gasteiger partial charge in [0.15, 0.2) is 0 Å². The van der Waals surface area contributed by atoms with Crippen molar-refractivity contribution in [2.45, 2.75) is 31.1 Å². The monoisotopic (exact) mass is 228 g/mol. The van der Waals surface area contributed by atoms with E-state index in [1.165, 1.54) is 0 Å². The largest absolute Gasteiger partial charge is 0.381 e. The lowest BCUT2D eigenvalue weighted by Crippen LogP contribution is -2.51. The van der Waals surface area contributed by atoms with Crippen molar-refractivity contribution in [2.75, 3.05) is 13.2 Å². The van der Waals surface area contributed by atoms with Crippen LogP contribution in [0.5, 0.6) is 0 Å². The molecular formula is C14H16N2O. The maximum Gasteiger partial charge on any atom is 0.0834 e. The Morgan fingerprint density at radius 1 is 1.18 bits per heavy atom. The highest BCUT2D eigenvalue weighted by molar-refractivity contribution is 5.36. The molecule has 1 saturated heterocycles. The first-order chi connectivity index (χ1) is 8.29. The van der Waals surface area contributed by atoms with Crippen LogP contribution in [0.2, 0.25) is 0 Å². The summed E-state index contributed by atoms with van der Waals surface area (Å²) in [6.45, 7) is 1.72. The zero-order valence-electron chi connectivity index (χ0n) is 9.85. The van der Waals surface area contributed by atoms with E-state index in [1.807, 2.05) is 12.1 Å². The summed E-state index contributed by atoms with van der Waals surface area (Å²) in [5, 5.41) is 9.50. The van der Waals surface area contributed by atoms with Gasteiger partial charge in [0.05, 0.1) is 11.5 Å². The van der Waals surface area contributed by atoms with Crippen molar-refractivity contribution in [3.8, 4) is 6.07 Å². The maximum atomic E-state index is 9.50. The quantitative estimate of drug-likeness (QED) is 0.741. The van der Waals surface area contributed by atoms with Crippen molar-refractivity contribution in [3.63, 3.8) is 0 Å². The third-order valence-electron chi connectivity index (χ3n) is 4.35. The van der Waals surface area contributed by atoms with Crippen LogP contribution in [0.3, 0.4) is 0 Å². The predicted molar refractivity (Wildman–Crippen MR) is 63.2 cm³/mol. The molecule has 88 valence electrons. The van der Waals surface area contributed by atoms with E-state index in [4.69, 9.17) is 4.74 Å². The second kappa shape index (κ2) is 3.82. The van der Waals surface area contributed by atoms with Gasteiger partial charge in [-0.1, -0.05) is 0 Å². The number of ether oxygens (including phenoxy) is 1. The molecule has 1 aromatic rings. The summed E-state index contributed by atoms with van der Waals surface area (Å²) in [5.74, 6) is 0. The highest BCUT2D eigenvalue weighted by Crippen LogP contribution is 2.59. The summed E-state index contributed by atoms with van der Waals surface area (Å²) in [6, 6.07) is 6.50. The van der Waals surface area contributed by atoms with Gasteiger partial charge < -0.3 is 4.74 Å². The van der Waals surface area contributed by atoms with Crippen molar-refractivity contribution in [1.29, 1.82) is 5.26 Å². The standard InChI is InChI=1S/C14H16N2O/c15-11-14(12-1-5-16-6-2-12)9-13(10-14)3-7-17-8-4-13/h1-2,5-6H,3-4,7-10H2. The van der Waals surface area contributed by atoms with Crippen molar-refractivity contribution >= 4 is 0 Å². The van der Waals surface area contributed by atoms with Crippen LogP contribution in [0.4, 0.5) is 0 Å². The van der Waals surface area contributed by atoms with Gasteiger partial charge in [-0.05, 0) is 48.8 Å². The molecule has 1 spiro atoms. The predicted octanol–water partition coefficient (Wildman–Crippen LogP) is 2.43. The molecule has 0 amide bonds. The van der Waals surface area contributed by atoms with Crippen LogP contribution in [0.15, 0.2) is 24.5 Å². The SMILES string of the molecule is N#CC1(c2ccncc2)CC2(CCOCC2)C1. The first-order valence-electron chi connectivity index (χ1n) is 6.18. The third kappa shape index (κ3) is 1.64. The van der Waals surface area contributed by atoms with Gasteiger partial charge in [0.25, 0.3) is 0 Å². The summed E-state index contributed by atoms with van der Waals surface area (Å²) in [7, 11) is 0. The minimum absolute atomic E-state index is 0.264. The highest BCUT2D eigenvalue weighted by Gasteiger charge is 2.55. The molecule has 0 aromatic carbocycles.